The molecule has 0 amide bonds. The standard InChI is InChI=1S/C15H19IO2/c1-18-12-4-6-15(7-5-12)9-10-2-3-11(16)8-13(10)14(15)17/h2-3,8,12,14,17H,4-7,9H2,1H3. The molecule has 1 aromatic carbocycles. The van der Waals surface area contributed by atoms with Crippen LogP contribution in [0.4, 0.5) is 0 Å². The van der Waals surface area contributed by atoms with Gasteiger partial charge in [0.15, 0.2) is 0 Å². The first-order valence-corrected chi connectivity index (χ1v) is 7.72. The van der Waals surface area contributed by atoms with Gasteiger partial charge in [0.2, 0.25) is 0 Å². The second-order valence-electron chi connectivity index (χ2n) is 5.72. The molecule has 1 unspecified atom stereocenters. The molecule has 2 aliphatic rings. The number of hydrogen-bond donors (Lipinski definition) is 1. The zero-order valence-electron chi connectivity index (χ0n) is 10.7. The zero-order chi connectivity index (χ0) is 12.8. The van der Waals surface area contributed by atoms with Gasteiger partial charge in [-0.2, -0.15) is 0 Å². The van der Waals surface area contributed by atoms with Gasteiger partial charge in [-0.1, -0.05) is 6.07 Å². The monoisotopic (exact) mass is 358 g/mol. The average molecular weight is 358 g/mol. The third kappa shape index (κ3) is 2.00. The molecule has 0 aromatic heterocycles. The SMILES string of the molecule is COC1CCC2(CC1)Cc1ccc(I)cc1C2O. The fourth-order valence-corrected chi connectivity index (χ4v) is 4.15. The summed E-state index contributed by atoms with van der Waals surface area (Å²) in [5.74, 6) is 0. The number of hydrogen-bond acceptors (Lipinski definition) is 2. The van der Waals surface area contributed by atoms with Crippen LogP contribution in [0.25, 0.3) is 0 Å². The van der Waals surface area contributed by atoms with Crippen LogP contribution < -0.4 is 0 Å². The molecule has 1 saturated carbocycles. The second kappa shape index (κ2) is 4.76. The molecule has 1 atom stereocenters. The van der Waals surface area contributed by atoms with Crippen molar-refractivity contribution in [3.8, 4) is 0 Å². The van der Waals surface area contributed by atoms with Gasteiger partial charge < -0.3 is 9.84 Å². The normalized spacial score (nSPS) is 34.8. The molecule has 0 bridgehead atoms. The number of methoxy groups -OCH3 is 1. The molecule has 0 saturated heterocycles. The molecular formula is C15H19IO2. The number of halogens is 1. The van der Waals surface area contributed by atoms with Crippen LogP contribution in [0.2, 0.25) is 0 Å². The van der Waals surface area contributed by atoms with E-state index in [1.807, 2.05) is 0 Å². The topological polar surface area (TPSA) is 29.5 Å². The molecule has 1 spiro atoms. The molecule has 0 radical (unpaired) electrons. The van der Waals surface area contributed by atoms with Gasteiger partial charge in [-0.05, 0) is 78.0 Å². The fourth-order valence-electron chi connectivity index (χ4n) is 3.64. The van der Waals surface area contributed by atoms with Gasteiger partial charge in [-0.25, -0.2) is 0 Å². The summed E-state index contributed by atoms with van der Waals surface area (Å²) in [5.41, 5.74) is 2.60. The molecule has 3 heteroatoms. The van der Waals surface area contributed by atoms with Crippen molar-refractivity contribution in [2.75, 3.05) is 7.11 Å². The average Bonchev–Trinajstić information content (AvgIpc) is 2.65. The van der Waals surface area contributed by atoms with Gasteiger partial charge >= 0.3 is 0 Å². The number of ether oxygens (including phenoxy) is 1. The summed E-state index contributed by atoms with van der Waals surface area (Å²) < 4.78 is 6.66. The Morgan fingerprint density at radius 1 is 1.33 bits per heavy atom. The molecule has 1 fully saturated rings. The number of aliphatic hydroxyl groups is 1. The Labute approximate surface area is 122 Å². The van der Waals surface area contributed by atoms with E-state index in [1.54, 1.807) is 7.11 Å². The molecule has 0 heterocycles. The predicted molar refractivity (Wildman–Crippen MR) is 79.5 cm³/mol. The minimum atomic E-state index is -0.278. The van der Waals surface area contributed by atoms with Crippen molar-refractivity contribution in [2.45, 2.75) is 44.3 Å². The van der Waals surface area contributed by atoms with E-state index < -0.39 is 0 Å². The number of rotatable bonds is 1. The molecule has 1 N–H and O–H groups in total. The first-order chi connectivity index (χ1) is 8.64. The van der Waals surface area contributed by atoms with Crippen molar-refractivity contribution >= 4 is 22.6 Å². The van der Waals surface area contributed by atoms with Crippen molar-refractivity contribution in [3.05, 3.63) is 32.9 Å². The lowest BCUT2D eigenvalue weighted by Crippen LogP contribution is -2.34. The highest BCUT2D eigenvalue weighted by atomic mass is 127. The molecule has 18 heavy (non-hydrogen) atoms. The van der Waals surface area contributed by atoms with Crippen molar-refractivity contribution < 1.29 is 9.84 Å². The van der Waals surface area contributed by atoms with E-state index in [4.69, 9.17) is 4.74 Å². The van der Waals surface area contributed by atoms with Gasteiger partial charge in [-0.15, -0.1) is 0 Å². The van der Waals surface area contributed by atoms with E-state index in [1.165, 1.54) is 9.13 Å². The number of aliphatic hydroxyl groups excluding tert-OH is 1. The third-order valence-corrected chi connectivity index (χ3v) is 5.46. The molecule has 2 nitrogen and oxygen atoms in total. The summed E-state index contributed by atoms with van der Waals surface area (Å²) in [7, 11) is 1.80. The Morgan fingerprint density at radius 2 is 2.06 bits per heavy atom. The van der Waals surface area contributed by atoms with E-state index in [-0.39, 0.29) is 11.5 Å². The Balaban J connectivity index is 1.86. The Hall–Kier alpha value is -0.130. The van der Waals surface area contributed by atoms with Crippen molar-refractivity contribution in [2.24, 2.45) is 5.41 Å². The van der Waals surface area contributed by atoms with Crippen LogP contribution in [0, 0.1) is 8.99 Å². The maximum absolute atomic E-state index is 10.7. The van der Waals surface area contributed by atoms with Crippen LogP contribution in [0.1, 0.15) is 42.9 Å². The first kappa shape index (κ1) is 12.9. The van der Waals surface area contributed by atoms with Crippen LogP contribution in [-0.4, -0.2) is 18.3 Å². The Bertz CT molecular complexity index is 450. The van der Waals surface area contributed by atoms with E-state index in [0.29, 0.717) is 6.10 Å². The maximum atomic E-state index is 10.7. The quantitative estimate of drug-likeness (QED) is 0.780. The highest BCUT2D eigenvalue weighted by Gasteiger charge is 2.47. The third-order valence-electron chi connectivity index (χ3n) is 4.79. The summed E-state index contributed by atoms with van der Waals surface area (Å²) in [6.45, 7) is 0. The van der Waals surface area contributed by atoms with Gasteiger partial charge in [-0.3, -0.25) is 0 Å². The molecule has 0 aliphatic heterocycles. The van der Waals surface area contributed by atoms with Crippen LogP contribution in [-0.2, 0) is 11.2 Å². The largest absolute Gasteiger partial charge is 0.388 e. The lowest BCUT2D eigenvalue weighted by Gasteiger charge is -2.39. The second-order valence-corrected chi connectivity index (χ2v) is 6.97. The maximum Gasteiger partial charge on any atom is 0.0852 e. The van der Waals surface area contributed by atoms with Gasteiger partial charge in [0, 0.05) is 16.1 Å². The summed E-state index contributed by atoms with van der Waals surface area (Å²) in [4.78, 5) is 0. The van der Waals surface area contributed by atoms with E-state index in [2.05, 4.69) is 40.8 Å². The molecule has 2 aliphatic carbocycles. The Morgan fingerprint density at radius 3 is 2.72 bits per heavy atom. The van der Waals surface area contributed by atoms with Crippen LogP contribution >= 0.6 is 22.6 Å². The smallest absolute Gasteiger partial charge is 0.0852 e. The molecule has 98 valence electrons. The molecular weight excluding hydrogens is 339 g/mol. The summed E-state index contributed by atoms with van der Waals surface area (Å²) in [5, 5.41) is 10.7. The van der Waals surface area contributed by atoms with Crippen LogP contribution in [0.15, 0.2) is 18.2 Å². The lowest BCUT2D eigenvalue weighted by atomic mass is 9.69. The lowest BCUT2D eigenvalue weighted by molar-refractivity contribution is -0.0341. The van der Waals surface area contributed by atoms with Gasteiger partial charge in [0.05, 0.1) is 12.2 Å². The van der Waals surface area contributed by atoms with E-state index in [9.17, 15) is 5.11 Å². The van der Waals surface area contributed by atoms with Crippen molar-refractivity contribution in [1.29, 1.82) is 0 Å². The van der Waals surface area contributed by atoms with E-state index >= 15 is 0 Å². The van der Waals surface area contributed by atoms with Gasteiger partial charge in [0.1, 0.15) is 0 Å². The van der Waals surface area contributed by atoms with Crippen molar-refractivity contribution in [3.63, 3.8) is 0 Å². The van der Waals surface area contributed by atoms with E-state index in [0.717, 1.165) is 37.7 Å². The molecule has 1 aromatic rings. The molecule has 3 rings (SSSR count). The fraction of sp³-hybridized carbons (Fsp3) is 0.600. The summed E-state index contributed by atoms with van der Waals surface area (Å²) in [6.07, 6.45) is 5.48. The van der Waals surface area contributed by atoms with Gasteiger partial charge in [0.25, 0.3) is 0 Å². The zero-order valence-corrected chi connectivity index (χ0v) is 12.8. The first-order valence-electron chi connectivity index (χ1n) is 6.64. The van der Waals surface area contributed by atoms with Crippen LogP contribution in [0.3, 0.4) is 0 Å². The Kier molecular flexibility index (Phi) is 3.41. The number of benzene rings is 1. The highest BCUT2D eigenvalue weighted by Crippen LogP contribution is 2.54. The minimum Gasteiger partial charge on any atom is -0.388 e. The predicted octanol–water partition coefficient (Wildman–Crippen LogP) is 3.46. The number of fused-ring (bicyclic) bond motifs is 1. The van der Waals surface area contributed by atoms with Crippen molar-refractivity contribution in [1.82, 2.24) is 0 Å². The summed E-state index contributed by atoms with van der Waals surface area (Å²) in [6, 6.07) is 6.49. The summed E-state index contributed by atoms with van der Waals surface area (Å²) >= 11 is 2.32. The highest BCUT2D eigenvalue weighted by molar-refractivity contribution is 14.1. The minimum absolute atomic E-state index is 0.0851. The van der Waals surface area contributed by atoms with Crippen LogP contribution in [0.5, 0.6) is 0 Å².